The fourth-order valence-corrected chi connectivity index (χ4v) is 4.88. The van der Waals surface area contributed by atoms with Crippen molar-refractivity contribution in [3.05, 3.63) is 59.5 Å². The lowest BCUT2D eigenvalue weighted by Gasteiger charge is -2.33. The van der Waals surface area contributed by atoms with Crippen molar-refractivity contribution in [2.75, 3.05) is 51.6 Å². The highest BCUT2D eigenvalue weighted by atomic mass is 19.4. The summed E-state index contributed by atoms with van der Waals surface area (Å²) >= 11 is 0. The average molecular weight is 526 g/mol. The van der Waals surface area contributed by atoms with Gasteiger partial charge in [0, 0.05) is 63.6 Å². The van der Waals surface area contributed by atoms with Crippen LogP contribution in [-0.2, 0) is 12.7 Å². The number of imidazole rings is 1. The minimum atomic E-state index is -4.51. The number of piperazine rings is 1. The molecule has 1 unspecified atom stereocenters. The van der Waals surface area contributed by atoms with Gasteiger partial charge in [0.15, 0.2) is 5.65 Å². The summed E-state index contributed by atoms with van der Waals surface area (Å²) in [6.07, 6.45) is 0.404. The molecule has 2 saturated heterocycles. The largest absolute Gasteiger partial charge is 0.416 e. The summed E-state index contributed by atoms with van der Waals surface area (Å²) in [6, 6.07) is 7.29. The normalized spacial score (nSPS) is 19.3. The first-order chi connectivity index (χ1) is 18.3. The molecule has 0 aliphatic carbocycles. The van der Waals surface area contributed by atoms with Crippen LogP contribution in [0, 0.1) is 17.8 Å². The van der Waals surface area contributed by atoms with E-state index in [0.29, 0.717) is 24.4 Å². The van der Waals surface area contributed by atoms with Gasteiger partial charge in [0.1, 0.15) is 5.69 Å². The van der Waals surface area contributed by atoms with E-state index < -0.39 is 17.8 Å². The SMILES string of the molecule is CN1CCN(Cc2ccc(NC(=O)N3CCCC(C#Cc4cnc5cccnn45)C3)cc2C(F)(F)F)CC1. The van der Waals surface area contributed by atoms with E-state index in [0.717, 1.165) is 45.1 Å². The fourth-order valence-electron chi connectivity index (χ4n) is 4.88. The number of hydrogen-bond donors (Lipinski definition) is 1. The Hall–Kier alpha value is -3.62. The summed E-state index contributed by atoms with van der Waals surface area (Å²) in [5.41, 5.74) is 1.01. The summed E-state index contributed by atoms with van der Waals surface area (Å²) < 4.78 is 43.4. The maximum Gasteiger partial charge on any atom is 0.416 e. The number of alkyl halides is 3. The van der Waals surface area contributed by atoms with Gasteiger partial charge in [0.05, 0.1) is 11.8 Å². The molecule has 200 valence electrons. The summed E-state index contributed by atoms with van der Waals surface area (Å²) in [4.78, 5) is 23.0. The lowest BCUT2D eigenvalue weighted by molar-refractivity contribution is -0.138. The minimum Gasteiger partial charge on any atom is -0.323 e. The van der Waals surface area contributed by atoms with Gasteiger partial charge in [0.2, 0.25) is 0 Å². The second-order valence-electron chi connectivity index (χ2n) is 9.87. The van der Waals surface area contributed by atoms with Gasteiger partial charge in [-0.05, 0) is 55.6 Å². The van der Waals surface area contributed by atoms with E-state index in [1.54, 1.807) is 33.9 Å². The number of urea groups is 1. The van der Waals surface area contributed by atoms with Crippen molar-refractivity contribution in [2.45, 2.75) is 25.6 Å². The highest BCUT2D eigenvalue weighted by molar-refractivity contribution is 5.89. The summed E-state index contributed by atoms with van der Waals surface area (Å²) in [5.74, 6) is 6.27. The molecule has 3 aromatic rings. The molecule has 8 nitrogen and oxygen atoms in total. The van der Waals surface area contributed by atoms with Gasteiger partial charge in [-0.2, -0.15) is 18.3 Å². The number of nitrogens with zero attached hydrogens (tertiary/aromatic N) is 6. The van der Waals surface area contributed by atoms with Crippen molar-refractivity contribution in [3.8, 4) is 11.8 Å². The Morgan fingerprint density at radius 2 is 1.97 bits per heavy atom. The molecular formula is C27H30F3N7O. The first-order valence-corrected chi connectivity index (χ1v) is 12.7. The average Bonchev–Trinajstić information content (AvgIpc) is 3.32. The van der Waals surface area contributed by atoms with Crippen LogP contribution in [0.5, 0.6) is 0 Å². The third-order valence-electron chi connectivity index (χ3n) is 7.05. The third kappa shape index (κ3) is 6.09. The maximum atomic E-state index is 13.9. The lowest BCUT2D eigenvalue weighted by Crippen LogP contribution is -2.44. The zero-order valence-corrected chi connectivity index (χ0v) is 21.2. The van der Waals surface area contributed by atoms with Crippen molar-refractivity contribution in [1.29, 1.82) is 0 Å². The van der Waals surface area contributed by atoms with Gasteiger partial charge >= 0.3 is 12.2 Å². The Morgan fingerprint density at radius 1 is 1.16 bits per heavy atom. The molecule has 0 saturated carbocycles. The van der Waals surface area contributed by atoms with Crippen molar-refractivity contribution < 1.29 is 18.0 Å². The van der Waals surface area contributed by atoms with Crippen LogP contribution in [0.25, 0.3) is 5.65 Å². The number of rotatable bonds is 3. The summed E-state index contributed by atoms with van der Waals surface area (Å²) in [6.45, 7) is 4.24. The molecular weight excluding hydrogens is 495 g/mol. The van der Waals surface area contributed by atoms with Crippen LogP contribution < -0.4 is 5.32 Å². The fraction of sp³-hybridized carbons (Fsp3) is 0.444. The number of piperidine rings is 1. The number of halogens is 3. The first kappa shape index (κ1) is 26.0. The standard InChI is InChI=1S/C27H30F3N7O/c1-34-12-14-35(15-13-34)19-21-7-8-22(16-24(21)27(28,29)30)33-26(38)36-11-3-4-20(18-36)6-9-23-17-31-25-5-2-10-32-37(23)25/h2,5,7-8,10,16-17,20H,3-4,11-15,18-19H2,1H3,(H,33,38). The van der Waals surface area contributed by atoms with E-state index in [2.05, 4.69) is 32.1 Å². The lowest BCUT2D eigenvalue weighted by atomic mass is 9.99. The molecule has 1 atom stereocenters. The van der Waals surface area contributed by atoms with Gasteiger partial charge in [-0.3, -0.25) is 4.90 Å². The third-order valence-corrected chi connectivity index (χ3v) is 7.05. The number of aromatic nitrogens is 3. The first-order valence-electron chi connectivity index (χ1n) is 12.7. The van der Waals surface area contributed by atoms with E-state index in [-0.39, 0.29) is 23.7 Å². The molecule has 1 N–H and O–H groups in total. The van der Waals surface area contributed by atoms with Crippen LogP contribution in [0.4, 0.5) is 23.7 Å². The van der Waals surface area contributed by atoms with E-state index in [1.807, 2.05) is 18.0 Å². The number of fused-ring (bicyclic) bond motifs is 1. The van der Waals surface area contributed by atoms with E-state index in [1.165, 1.54) is 6.07 Å². The van der Waals surface area contributed by atoms with Crippen molar-refractivity contribution in [2.24, 2.45) is 5.92 Å². The predicted molar refractivity (Wildman–Crippen MR) is 137 cm³/mol. The van der Waals surface area contributed by atoms with Crippen molar-refractivity contribution >= 4 is 17.4 Å². The molecule has 2 fully saturated rings. The van der Waals surface area contributed by atoms with Crippen LogP contribution in [0.15, 0.2) is 42.7 Å². The monoisotopic (exact) mass is 525 g/mol. The van der Waals surface area contributed by atoms with Crippen molar-refractivity contribution in [1.82, 2.24) is 29.3 Å². The molecule has 4 heterocycles. The molecule has 5 rings (SSSR count). The number of hydrogen-bond acceptors (Lipinski definition) is 5. The number of benzene rings is 1. The van der Waals surface area contributed by atoms with Crippen molar-refractivity contribution in [3.63, 3.8) is 0 Å². The van der Waals surface area contributed by atoms with Crippen LogP contribution in [0.1, 0.15) is 29.7 Å². The van der Waals surface area contributed by atoms with E-state index in [9.17, 15) is 18.0 Å². The van der Waals surface area contributed by atoms with Crippen LogP contribution in [0.3, 0.4) is 0 Å². The second-order valence-corrected chi connectivity index (χ2v) is 9.87. The zero-order chi connectivity index (χ0) is 26.7. The highest BCUT2D eigenvalue weighted by Crippen LogP contribution is 2.34. The molecule has 0 spiro atoms. The topological polar surface area (TPSA) is 69.0 Å². The Labute approximate surface area is 219 Å². The Kier molecular flexibility index (Phi) is 7.53. The molecule has 0 radical (unpaired) electrons. The molecule has 2 amide bonds. The Bertz CT molecular complexity index is 1350. The van der Waals surface area contributed by atoms with Gasteiger partial charge in [-0.15, -0.1) is 0 Å². The number of carbonyl (C=O) groups is 1. The zero-order valence-electron chi connectivity index (χ0n) is 21.2. The number of amides is 2. The molecule has 0 bridgehead atoms. The summed E-state index contributed by atoms with van der Waals surface area (Å²) in [5, 5.41) is 6.92. The van der Waals surface area contributed by atoms with Crippen LogP contribution in [0.2, 0.25) is 0 Å². The quantitative estimate of drug-likeness (QED) is 0.527. The smallest absolute Gasteiger partial charge is 0.323 e. The van der Waals surface area contributed by atoms with E-state index >= 15 is 0 Å². The second kappa shape index (κ2) is 11.0. The molecule has 2 aliphatic rings. The van der Waals surface area contributed by atoms with E-state index in [4.69, 9.17) is 0 Å². The van der Waals surface area contributed by atoms with Gasteiger partial charge in [-0.25, -0.2) is 14.3 Å². The Morgan fingerprint density at radius 3 is 2.76 bits per heavy atom. The molecule has 2 aliphatic heterocycles. The van der Waals surface area contributed by atoms with Crippen LogP contribution in [-0.4, -0.2) is 81.6 Å². The number of carbonyl (C=O) groups excluding carboxylic acids is 1. The summed E-state index contributed by atoms with van der Waals surface area (Å²) in [7, 11) is 2.01. The van der Waals surface area contributed by atoms with Gasteiger partial charge in [-0.1, -0.05) is 12.0 Å². The number of likely N-dealkylation sites (N-methyl/N-ethyl adjacent to an activating group) is 1. The highest BCUT2D eigenvalue weighted by Gasteiger charge is 2.34. The number of likely N-dealkylation sites (tertiary alicyclic amines) is 1. The molecule has 38 heavy (non-hydrogen) atoms. The molecule has 11 heteroatoms. The Balaban J connectivity index is 1.24. The maximum absolute atomic E-state index is 13.9. The molecule has 2 aromatic heterocycles. The van der Waals surface area contributed by atoms with Crippen LogP contribution >= 0.6 is 0 Å². The number of anilines is 1. The predicted octanol–water partition coefficient (Wildman–Crippen LogP) is 3.79. The molecule has 1 aromatic carbocycles. The minimum absolute atomic E-state index is 0.0551. The van der Waals surface area contributed by atoms with Gasteiger partial charge < -0.3 is 15.1 Å². The number of nitrogens with one attached hydrogen (secondary N) is 1. The van der Waals surface area contributed by atoms with Gasteiger partial charge in [0.25, 0.3) is 0 Å².